The van der Waals surface area contributed by atoms with Crippen LogP contribution in [0, 0.1) is 5.92 Å². The molecule has 1 N–H and O–H groups in total. The van der Waals surface area contributed by atoms with Crippen LogP contribution in [0.1, 0.15) is 19.4 Å². The van der Waals surface area contributed by atoms with Gasteiger partial charge in [0.25, 0.3) is 0 Å². The summed E-state index contributed by atoms with van der Waals surface area (Å²) in [5.74, 6) is -0.373. The number of carbonyl (C=O) groups is 1. The fourth-order valence-corrected chi connectivity index (χ4v) is 1.58. The van der Waals surface area contributed by atoms with Crippen molar-refractivity contribution in [2.24, 2.45) is 5.92 Å². The number of hydrogen-bond acceptors (Lipinski definition) is 4. The van der Waals surface area contributed by atoms with E-state index in [9.17, 15) is 9.90 Å². The molecule has 2 atom stereocenters. The fraction of sp³-hybridized carbons (Fsp3) is 0.462. The second-order valence-corrected chi connectivity index (χ2v) is 4.12. The molecule has 0 heterocycles. The number of methoxy groups -OCH3 is 2. The highest BCUT2D eigenvalue weighted by molar-refractivity contribution is 5.73. The minimum Gasteiger partial charge on any atom is -0.497 e. The zero-order valence-electron chi connectivity index (χ0n) is 10.6. The van der Waals surface area contributed by atoms with Gasteiger partial charge < -0.3 is 14.6 Å². The molecule has 1 aromatic carbocycles. The summed E-state index contributed by atoms with van der Waals surface area (Å²) < 4.78 is 9.68. The maximum Gasteiger partial charge on any atom is 0.311 e. The van der Waals surface area contributed by atoms with Gasteiger partial charge in [-0.25, -0.2) is 0 Å². The number of hydrogen-bond donors (Lipinski definition) is 1. The maximum atomic E-state index is 11.4. The Labute approximate surface area is 101 Å². The van der Waals surface area contributed by atoms with Gasteiger partial charge in [-0.15, -0.1) is 0 Å². The number of ether oxygens (including phenoxy) is 2. The van der Waals surface area contributed by atoms with Gasteiger partial charge in [-0.05, 0) is 31.5 Å². The molecule has 0 amide bonds. The maximum absolute atomic E-state index is 11.4. The molecule has 0 aliphatic carbocycles. The Morgan fingerprint density at radius 3 is 2.24 bits per heavy atom. The van der Waals surface area contributed by atoms with Crippen LogP contribution in [0.3, 0.4) is 0 Å². The lowest BCUT2D eigenvalue weighted by Gasteiger charge is -2.29. The van der Waals surface area contributed by atoms with Crippen LogP contribution in [0.25, 0.3) is 0 Å². The topological polar surface area (TPSA) is 55.8 Å². The first-order valence-corrected chi connectivity index (χ1v) is 5.38. The van der Waals surface area contributed by atoms with Crippen molar-refractivity contribution in [3.05, 3.63) is 29.8 Å². The summed E-state index contributed by atoms with van der Waals surface area (Å²) in [7, 11) is 2.88. The molecule has 0 bridgehead atoms. The van der Waals surface area contributed by atoms with E-state index >= 15 is 0 Å². The zero-order valence-corrected chi connectivity index (χ0v) is 10.6. The highest BCUT2D eigenvalue weighted by atomic mass is 16.5. The first kappa shape index (κ1) is 13.5. The van der Waals surface area contributed by atoms with Gasteiger partial charge >= 0.3 is 5.97 Å². The molecule has 0 fully saturated rings. The van der Waals surface area contributed by atoms with Gasteiger partial charge in [-0.1, -0.05) is 12.1 Å². The van der Waals surface area contributed by atoms with Crippen LogP contribution < -0.4 is 4.74 Å². The molecule has 0 aromatic heterocycles. The van der Waals surface area contributed by atoms with Gasteiger partial charge in [0.15, 0.2) is 0 Å². The Hall–Kier alpha value is -1.55. The summed E-state index contributed by atoms with van der Waals surface area (Å²) in [5.41, 5.74) is -0.615. The summed E-state index contributed by atoms with van der Waals surface area (Å²) in [4.78, 5) is 11.4. The van der Waals surface area contributed by atoms with Crippen molar-refractivity contribution in [1.29, 1.82) is 0 Å². The fourth-order valence-electron chi connectivity index (χ4n) is 1.58. The molecular formula is C13H18O4. The lowest BCUT2D eigenvalue weighted by Crippen LogP contribution is -2.35. The van der Waals surface area contributed by atoms with Crippen LogP contribution in [-0.4, -0.2) is 25.3 Å². The van der Waals surface area contributed by atoms with Crippen LogP contribution in [0.2, 0.25) is 0 Å². The molecule has 1 aromatic rings. The van der Waals surface area contributed by atoms with Gasteiger partial charge in [0.1, 0.15) is 5.75 Å². The normalized spacial score (nSPS) is 15.8. The minimum atomic E-state index is -1.26. The highest BCUT2D eigenvalue weighted by Gasteiger charge is 2.36. The van der Waals surface area contributed by atoms with Gasteiger partial charge in [-0.3, -0.25) is 4.79 Å². The second kappa shape index (κ2) is 5.19. The number of rotatable bonds is 4. The standard InChI is InChI=1S/C13H18O4/c1-9(12(14)17-4)13(2,15)10-5-7-11(16-3)8-6-10/h5-9,15H,1-4H3/t9-,13+/m1/s1. The van der Waals surface area contributed by atoms with E-state index in [-0.39, 0.29) is 0 Å². The molecule has 0 saturated carbocycles. The third-order valence-corrected chi connectivity index (χ3v) is 3.07. The van der Waals surface area contributed by atoms with E-state index in [1.54, 1.807) is 45.2 Å². The van der Waals surface area contributed by atoms with E-state index < -0.39 is 17.5 Å². The molecule has 0 radical (unpaired) electrons. The summed E-state index contributed by atoms with van der Waals surface area (Å²) >= 11 is 0. The number of carbonyl (C=O) groups excluding carboxylic acids is 1. The molecule has 0 unspecified atom stereocenters. The van der Waals surface area contributed by atoms with Crippen molar-refractivity contribution in [3.8, 4) is 5.75 Å². The Balaban J connectivity index is 2.99. The van der Waals surface area contributed by atoms with E-state index in [0.717, 1.165) is 0 Å². The van der Waals surface area contributed by atoms with Crippen molar-refractivity contribution >= 4 is 5.97 Å². The minimum absolute atomic E-state index is 0.439. The Morgan fingerprint density at radius 2 is 1.82 bits per heavy atom. The van der Waals surface area contributed by atoms with Crippen molar-refractivity contribution < 1.29 is 19.4 Å². The summed E-state index contributed by atoms with van der Waals surface area (Å²) in [6.45, 7) is 3.23. The van der Waals surface area contributed by atoms with E-state index in [1.807, 2.05) is 0 Å². The smallest absolute Gasteiger partial charge is 0.311 e. The molecule has 4 nitrogen and oxygen atoms in total. The van der Waals surface area contributed by atoms with Crippen LogP contribution in [-0.2, 0) is 15.1 Å². The first-order valence-electron chi connectivity index (χ1n) is 5.38. The van der Waals surface area contributed by atoms with Crippen molar-refractivity contribution in [1.82, 2.24) is 0 Å². The van der Waals surface area contributed by atoms with E-state index in [4.69, 9.17) is 4.74 Å². The highest BCUT2D eigenvalue weighted by Crippen LogP contribution is 2.31. The number of esters is 1. The van der Waals surface area contributed by atoms with E-state index in [1.165, 1.54) is 7.11 Å². The predicted molar refractivity (Wildman–Crippen MR) is 63.7 cm³/mol. The van der Waals surface area contributed by atoms with Crippen LogP contribution >= 0.6 is 0 Å². The van der Waals surface area contributed by atoms with E-state index in [0.29, 0.717) is 11.3 Å². The average Bonchev–Trinajstić information content (AvgIpc) is 2.36. The number of aliphatic hydroxyl groups is 1. The Morgan fingerprint density at radius 1 is 1.29 bits per heavy atom. The van der Waals surface area contributed by atoms with Crippen LogP contribution in [0.5, 0.6) is 5.75 Å². The first-order chi connectivity index (χ1) is 7.93. The SMILES string of the molecule is COC(=O)[C@@H](C)[C@](C)(O)c1ccc(OC)cc1. The predicted octanol–water partition coefficient (Wildman–Crippen LogP) is 1.71. The monoisotopic (exact) mass is 238 g/mol. The third-order valence-electron chi connectivity index (χ3n) is 3.07. The average molecular weight is 238 g/mol. The molecule has 17 heavy (non-hydrogen) atoms. The van der Waals surface area contributed by atoms with Gasteiger partial charge in [0, 0.05) is 0 Å². The summed E-state index contributed by atoms with van der Waals surface area (Å²) in [5, 5.41) is 10.4. The van der Waals surface area contributed by atoms with Crippen molar-refractivity contribution in [2.75, 3.05) is 14.2 Å². The summed E-state index contributed by atoms with van der Waals surface area (Å²) in [6, 6.07) is 6.96. The lowest BCUT2D eigenvalue weighted by atomic mass is 9.84. The zero-order chi connectivity index (χ0) is 13.1. The van der Waals surface area contributed by atoms with Crippen LogP contribution in [0.15, 0.2) is 24.3 Å². The lowest BCUT2D eigenvalue weighted by molar-refractivity contribution is -0.154. The summed E-state index contributed by atoms with van der Waals surface area (Å²) in [6.07, 6.45) is 0. The molecule has 0 aliphatic heterocycles. The molecule has 1 rings (SSSR count). The Bertz CT molecular complexity index is 381. The number of benzene rings is 1. The molecular weight excluding hydrogens is 220 g/mol. The second-order valence-electron chi connectivity index (χ2n) is 4.12. The van der Waals surface area contributed by atoms with Crippen molar-refractivity contribution in [3.63, 3.8) is 0 Å². The Kier molecular flexibility index (Phi) is 4.12. The quantitative estimate of drug-likeness (QED) is 0.811. The third kappa shape index (κ3) is 2.77. The van der Waals surface area contributed by atoms with Gasteiger partial charge in [-0.2, -0.15) is 0 Å². The molecule has 94 valence electrons. The molecule has 0 spiro atoms. The van der Waals surface area contributed by atoms with Gasteiger partial charge in [0.05, 0.1) is 25.7 Å². The van der Waals surface area contributed by atoms with Crippen LogP contribution in [0.4, 0.5) is 0 Å². The van der Waals surface area contributed by atoms with Gasteiger partial charge in [0.2, 0.25) is 0 Å². The molecule has 0 saturated heterocycles. The van der Waals surface area contributed by atoms with Crippen molar-refractivity contribution in [2.45, 2.75) is 19.4 Å². The largest absolute Gasteiger partial charge is 0.497 e. The molecule has 0 aliphatic rings. The van der Waals surface area contributed by atoms with E-state index in [2.05, 4.69) is 4.74 Å². The molecule has 4 heteroatoms.